The van der Waals surface area contributed by atoms with Crippen molar-refractivity contribution in [2.45, 2.75) is 13.8 Å². The number of pyridine rings is 6. The zero-order valence-electron chi connectivity index (χ0n) is 39.1. The molecule has 0 unspecified atom stereocenters. The Morgan fingerprint density at radius 1 is 0.292 bits per heavy atom. The van der Waals surface area contributed by atoms with E-state index >= 15 is 0 Å². The predicted molar refractivity (Wildman–Crippen MR) is 291 cm³/mol. The highest BCUT2D eigenvalue weighted by Gasteiger charge is 2.36. The van der Waals surface area contributed by atoms with Gasteiger partial charge in [0.2, 0.25) is 0 Å². The molecular formula is C62H40N10. The summed E-state index contributed by atoms with van der Waals surface area (Å²) in [5.41, 5.74) is 17.9. The predicted octanol–water partition coefficient (Wildman–Crippen LogP) is 14.4. The van der Waals surface area contributed by atoms with Crippen LogP contribution in [0.3, 0.4) is 0 Å². The van der Waals surface area contributed by atoms with E-state index in [0.717, 1.165) is 144 Å². The molecular weight excluding hydrogens is 885 g/mol. The Labute approximate surface area is 411 Å². The molecule has 10 heteroatoms. The Balaban J connectivity index is 1.36. The Hall–Kier alpha value is -9.80. The molecule has 0 fully saturated rings. The maximum absolute atomic E-state index is 5.32. The summed E-state index contributed by atoms with van der Waals surface area (Å²) in [6, 6.07) is 52.2. The molecule has 0 saturated heterocycles. The van der Waals surface area contributed by atoms with Crippen LogP contribution in [0.2, 0.25) is 0 Å². The van der Waals surface area contributed by atoms with Gasteiger partial charge in [0, 0.05) is 133 Å². The fraction of sp³-hybridized carbons (Fsp3) is 0.0323. The van der Waals surface area contributed by atoms with E-state index in [4.69, 9.17) is 24.9 Å². The lowest BCUT2D eigenvalue weighted by atomic mass is 9.89. The van der Waals surface area contributed by atoms with Crippen molar-refractivity contribution < 1.29 is 0 Å². The summed E-state index contributed by atoms with van der Waals surface area (Å²) in [5.74, 6) is 0. The highest BCUT2D eigenvalue weighted by molar-refractivity contribution is 6.18. The van der Waals surface area contributed by atoms with Crippen LogP contribution in [0.25, 0.3) is 132 Å². The Morgan fingerprint density at radius 3 is 1.06 bits per heavy atom. The SMILES string of the molecule is Cc1ccc(-c2c(-n3c4ccccc4c4cnccc43)c(-c3ccncc3)c(-n3c4ccccc4c4cnccc43)c(-n3c4ccccc4c4cnccc43)c2-n2c3ccccc3c3cnccc32)c(C)n1. The van der Waals surface area contributed by atoms with Gasteiger partial charge in [0.25, 0.3) is 0 Å². The monoisotopic (exact) mass is 924 g/mol. The summed E-state index contributed by atoms with van der Waals surface area (Å²) in [6.07, 6.45) is 19.5. The Kier molecular flexibility index (Phi) is 8.55. The van der Waals surface area contributed by atoms with Crippen molar-refractivity contribution in [3.05, 3.63) is 219 Å². The van der Waals surface area contributed by atoms with Crippen LogP contribution in [0.15, 0.2) is 208 Å². The van der Waals surface area contributed by atoms with Crippen LogP contribution in [-0.2, 0) is 0 Å². The van der Waals surface area contributed by atoms with Crippen molar-refractivity contribution in [3.63, 3.8) is 0 Å². The van der Waals surface area contributed by atoms with E-state index in [1.54, 1.807) is 0 Å². The highest BCUT2D eigenvalue weighted by atomic mass is 15.1. The van der Waals surface area contributed by atoms with Crippen molar-refractivity contribution in [3.8, 4) is 45.0 Å². The number of para-hydroxylation sites is 4. The summed E-state index contributed by atoms with van der Waals surface area (Å²) in [6.45, 7) is 4.21. The molecule has 5 aromatic carbocycles. The van der Waals surface area contributed by atoms with Gasteiger partial charge in [0.15, 0.2) is 0 Å². The summed E-state index contributed by atoms with van der Waals surface area (Å²) in [7, 11) is 0. The minimum absolute atomic E-state index is 0.899. The number of hydrogen-bond acceptors (Lipinski definition) is 6. The van der Waals surface area contributed by atoms with Crippen molar-refractivity contribution in [2.75, 3.05) is 0 Å². The lowest BCUT2D eigenvalue weighted by Gasteiger charge is -2.31. The largest absolute Gasteiger partial charge is 0.308 e. The van der Waals surface area contributed by atoms with Crippen LogP contribution < -0.4 is 0 Å². The fourth-order valence-electron chi connectivity index (χ4n) is 11.8. The lowest BCUT2D eigenvalue weighted by Crippen LogP contribution is -2.16. The van der Waals surface area contributed by atoms with Crippen molar-refractivity contribution in [1.29, 1.82) is 0 Å². The van der Waals surface area contributed by atoms with Crippen LogP contribution >= 0.6 is 0 Å². The first-order valence-corrected chi connectivity index (χ1v) is 24.1. The van der Waals surface area contributed by atoms with Gasteiger partial charge in [0.05, 0.1) is 66.9 Å². The van der Waals surface area contributed by atoms with E-state index in [9.17, 15) is 0 Å². The third kappa shape index (κ3) is 5.54. The summed E-state index contributed by atoms with van der Waals surface area (Å²) in [5, 5.41) is 8.55. The molecule has 0 aliphatic heterocycles. The molecule has 10 heterocycles. The zero-order chi connectivity index (χ0) is 47.6. The molecule has 0 spiro atoms. The van der Waals surface area contributed by atoms with Gasteiger partial charge in [0.1, 0.15) is 0 Å². The molecule has 15 aromatic rings. The molecule has 0 radical (unpaired) electrons. The minimum atomic E-state index is 0.899. The van der Waals surface area contributed by atoms with Gasteiger partial charge in [-0.15, -0.1) is 0 Å². The molecule has 0 aliphatic rings. The summed E-state index contributed by atoms with van der Waals surface area (Å²) >= 11 is 0. The lowest BCUT2D eigenvalue weighted by molar-refractivity contribution is 1.03. The van der Waals surface area contributed by atoms with Gasteiger partial charge in [-0.2, -0.15) is 0 Å². The normalized spacial score (nSPS) is 12.0. The van der Waals surface area contributed by atoms with E-state index < -0.39 is 0 Å². The first-order valence-electron chi connectivity index (χ1n) is 24.1. The van der Waals surface area contributed by atoms with E-state index in [1.165, 1.54) is 0 Å². The number of fused-ring (bicyclic) bond motifs is 12. The quantitative estimate of drug-likeness (QED) is 0.165. The van der Waals surface area contributed by atoms with E-state index in [0.29, 0.717) is 0 Å². The standard InChI is InChI=1S/C62H40N10/c1-37-19-20-40(38(2)68-37)58-59(69-49-15-7-3-11-41(49)45-33-64-29-23-53(45)69)57(39-21-27-63-28-22-39)60(70-50-16-8-4-12-42(50)46-34-65-30-24-54(46)70)62(72-52-18-10-6-14-44(52)48-36-67-32-26-56(48)72)61(58)71-51-17-9-5-13-43(51)47-35-66-31-25-55(47)71/h3-36H,1-2H3. The first-order chi connectivity index (χ1) is 35.6. The van der Waals surface area contributed by atoms with Crippen LogP contribution in [0.5, 0.6) is 0 Å². The average molecular weight is 925 g/mol. The van der Waals surface area contributed by atoms with Gasteiger partial charge in [-0.05, 0) is 86.1 Å². The number of rotatable bonds is 6. The smallest absolute Gasteiger partial charge is 0.0961 e. The van der Waals surface area contributed by atoms with E-state index in [2.05, 4.69) is 183 Å². The molecule has 72 heavy (non-hydrogen) atoms. The molecule has 10 aromatic heterocycles. The van der Waals surface area contributed by atoms with Crippen LogP contribution in [0, 0.1) is 13.8 Å². The third-order valence-corrected chi connectivity index (χ3v) is 14.6. The second-order valence-electron chi connectivity index (χ2n) is 18.4. The first kappa shape index (κ1) is 40.1. The Morgan fingerprint density at radius 2 is 0.639 bits per heavy atom. The second kappa shape index (κ2) is 15.4. The van der Waals surface area contributed by atoms with Gasteiger partial charge >= 0.3 is 0 Å². The van der Waals surface area contributed by atoms with Gasteiger partial charge in [-0.1, -0.05) is 78.9 Å². The number of aromatic nitrogens is 10. The topological polar surface area (TPSA) is 97.1 Å². The van der Waals surface area contributed by atoms with Gasteiger partial charge < -0.3 is 18.3 Å². The van der Waals surface area contributed by atoms with Crippen LogP contribution in [0.4, 0.5) is 0 Å². The van der Waals surface area contributed by atoms with Gasteiger partial charge in [-0.3, -0.25) is 29.9 Å². The molecule has 15 rings (SSSR count). The minimum Gasteiger partial charge on any atom is -0.308 e. The maximum Gasteiger partial charge on any atom is 0.0961 e. The van der Waals surface area contributed by atoms with Gasteiger partial charge in [-0.25, -0.2) is 0 Å². The molecule has 0 amide bonds. The molecule has 338 valence electrons. The highest BCUT2D eigenvalue weighted by Crippen LogP contribution is 2.54. The third-order valence-electron chi connectivity index (χ3n) is 14.6. The zero-order valence-corrected chi connectivity index (χ0v) is 39.1. The average Bonchev–Trinajstić information content (AvgIpc) is 4.16. The number of benzene rings is 5. The van der Waals surface area contributed by atoms with E-state index in [1.807, 2.05) is 62.0 Å². The molecule has 0 bridgehead atoms. The van der Waals surface area contributed by atoms with E-state index in [-0.39, 0.29) is 0 Å². The maximum atomic E-state index is 5.32. The fourth-order valence-corrected chi connectivity index (χ4v) is 11.8. The van der Waals surface area contributed by atoms with Crippen molar-refractivity contribution in [1.82, 2.24) is 48.2 Å². The van der Waals surface area contributed by atoms with Crippen molar-refractivity contribution >= 4 is 87.2 Å². The molecule has 0 N–H and O–H groups in total. The van der Waals surface area contributed by atoms with Crippen LogP contribution in [-0.4, -0.2) is 48.2 Å². The summed E-state index contributed by atoms with van der Waals surface area (Å²) in [4.78, 5) is 29.1. The molecule has 0 aliphatic carbocycles. The Bertz CT molecular complexity index is 4510. The number of nitrogens with zero attached hydrogens (tertiary/aromatic N) is 10. The molecule has 10 nitrogen and oxygen atoms in total. The summed E-state index contributed by atoms with van der Waals surface area (Å²) < 4.78 is 9.95. The number of hydrogen-bond donors (Lipinski definition) is 0. The molecule has 0 saturated carbocycles. The molecule has 0 atom stereocenters. The second-order valence-corrected chi connectivity index (χ2v) is 18.4. The van der Waals surface area contributed by atoms with Crippen LogP contribution in [0.1, 0.15) is 11.4 Å². The van der Waals surface area contributed by atoms with Crippen molar-refractivity contribution in [2.24, 2.45) is 0 Å². The number of aryl methyl sites for hydroxylation is 2.